The monoisotopic (exact) mass is 226 g/mol. The second-order valence-electron chi connectivity index (χ2n) is 5.67. The van der Waals surface area contributed by atoms with E-state index in [4.69, 9.17) is 10.00 Å². The number of hydrogen-bond donors (Lipinski definition) is 1. The molecule has 0 saturated heterocycles. The van der Waals surface area contributed by atoms with Crippen LogP contribution in [0, 0.1) is 17.2 Å². The van der Waals surface area contributed by atoms with Crippen LogP contribution in [-0.2, 0) is 4.74 Å². The van der Waals surface area contributed by atoms with Gasteiger partial charge in [0.15, 0.2) is 0 Å². The van der Waals surface area contributed by atoms with Gasteiger partial charge in [-0.05, 0) is 40.0 Å². The average Bonchev–Trinajstić information content (AvgIpc) is 1.98. The fourth-order valence-corrected chi connectivity index (χ4v) is 1.47. The van der Waals surface area contributed by atoms with Crippen LogP contribution in [-0.4, -0.2) is 17.2 Å². The van der Waals surface area contributed by atoms with Gasteiger partial charge in [-0.25, -0.2) is 4.79 Å². The minimum absolute atomic E-state index is 0.333. The Hall–Kier alpha value is -1.24. The third kappa shape index (κ3) is 6.28. The number of carbonyl (C=O) groups excluding carboxylic acids is 1. The minimum Gasteiger partial charge on any atom is -0.444 e. The van der Waals surface area contributed by atoms with Crippen LogP contribution in [0.25, 0.3) is 0 Å². The molecule has 0 bridgehead atoms. The van der Waals surface area contributed by atoms with Crippen LogP contribution in [0.4, 0.5) is 4.79 Å². The summed E-state index contributed by atoms with van der Waals surface area (Å²) in [5.41, 5.74) is -1.41. The van der Waals surface area contributed by atoms with Gasteiger partial charge in [-0.3, -0.25) is 0 Å². The summed E-state index contributed by atoms with van der Waals surface area (Å²) in [5, 5.41) is 11.7. The quantitative estimate of drug-likeness (QED) is 0.804. The zero-order valence-corrected chi connectivity index (χ0v) is 11.0. The normalized spacial score (nSPS) is 15.1. The molecule has 1 unspecified atom stereocenters. The summed E-state index contributed by atoms with van der Waals surface area (Å²) in [6.45, 7) is 11.1. The molecule has 1 amide bonds. The lowest BCUT2D eigenvalue weighted by atomic mass is 9.92. The Morgan fingerprint density at radius 1 is 1.38 bits per heavy atom. The lowest BCUT2D eigenvalue weighted by Gasteiger charge is -2.27. The van der Waals surface area contributed by atoms with Crippen molar-refractivity contribution in [3.05, 3.63) is 0 Å². The molecule has 0 rings (SSSR count). The fraction of sp³-hybridized carbons (Fsp3) is 0.833. The predicted octanol–water partition coefficient (Wildman–Crippen LogP) is 2.84. The largest absolute Gasteiger partial charge is 0.444 e. The van der Waals surface area contributed by atoms with Crippen LogP contribution in [0.2, 0.25) is 0 Å². The van der Waals surface area contributed by atoms with Crippen LogP contribution >= 0.6 is 0 Å². The van der Waals surface area contributed by atoms with Crippen molar-refractivity contribution in [1.29, 1.82) is 5.26 Å². The van der Waals surface area contributed by atoms with Gasteiger partial charge in [0.2, 0.25) is 0 Å². The zero-order valence-electron chi connectivity index (χ0n) is 11.0. The number of carbonyl (C=O) groups is 1. The SMILES string of the molecule is CC(C)CC(C)(C#N)NC(=O)OC(C)(C)C. The van der Waals surface area contributed by atoms with E-state index in [1.165, 1.54) is 0 Å². The molecule has 0 aliphatic heterocycles. The highest BCUT2D eigenvalue weighted by molar-refractivity contribution is 5.69. The molecule has 92 valence electrons. The van der Waals surface area contributed by atoms with E-state index >= 15 is 0 Å². The van der Waals surface area contributed by atoms with E-state index < -0.39 is 17.2 Å². The van der Waals surface area contributed by atoms with Gasteiger partial charge in [-0.1, -0.05) is 13.8 Å². The van der Waals surface area contributed by atoms with Crippen molar-refractivity contribution in [2.45, 2.75) is 59.1 Å². The van der Waals surface area contributed by atoms with E-state index in [1.54, 1.807) is 27.7 Å². The molecule has 0 aromatic heterocycles. The summed E-state index contributed by atoms with van der Waals surface area (Å²) >= 11 is 0. The second kappa shape index (κ2) is 5.20. The molecule has 0 aliphatic rings. The maximum Gasteiger partial charge on any atom is 0.408 e. The highest BCUT2D eigenvalue weighted by Crippen LogP contribution is 2.16. The molecule has 0 saturated carbocycles. The summed E-state index contributed by atoms with van der Waals surface area (Å²) in [4.78, 5) is 11.5. The molecule has 0 aromatic carbocycles. The third-order valence-corrected chi connectivity index (χ3v) is 1.84. The maximum atomic E-state index is 11.5. The van der Waals surface area contributed by atoms with E-state index in [1.807, 2.05) is 13.8 Å². The first-order valence-corrected chi connectivity index (χ1v) is 5.50. The Bertz CT molecular complexity index is 286. The average molecular weight is 226 g/mol. The van der Waals surface area contributed by atoms with Crippen molar-refractivity contribution in [3.63, 3.8) is 0 Å². The van der Waals surface area contributed by atoms with Crippen molar-refractivity contribution in [3.8, 4) is 6.07 Å². The standard InChI is InChI=1S/C12H22N2O2/c1-9(2)7-12(6,8-13)14-10(15)16-11(3,4)5/h9H,7H2,1-6H3,(H,14,15). The van der Waals surface area contributed by atoms with Crippen molar-refractivity contribution in [1.82, 2.24) is 5.32 Å². The van der Waals surface area contributed by atoms with E-state index in [0.717, 1.165) is 0 Å². The maximum absolute atomic E-state index is 11.5. The van der Waals surface area contributed by atoms with E-state index in [-0.39, 0.29) is 0 Å². The number of amides is 1. The number of ether oxygens (including phenoxy) is 1. The van der Waals surface area contributed by atoms with Crippen molar-refractivity contribution in [2.75, 3.05) is 0 Å². The number of alkyl carbamates (subject to hydrolysis) is 1. The highest BCUT2D eigenvalue weighted by atomic mass is 16.6. The van der Waals surface area contributed by atoms with Crippen LogP contribution in [0.1, 0.15) is 48.0 Å². The molecule has 1 N–H and O–H groups in total. The summed E-state index contributed by atoms with van der Waals surface area (Å²) in [6.07, 6.45) is 0.0557. The summed E-state index contributed by atoms with van der Waals surface area (Å²) < 4.78 is 5.12. The van der Waals surface area contributed by atoms with Gasteiger partial charge >= 0.3 is 6.09 Å². The van der Waals surface area contributed by atoms with E-state index in [0.29, 0.717) is 12.3 Å². The topological polar surface area (TPSA) is 62.1 Å². The fourth-order valence-electron chi connectivity index (χ4n) is 1.47. The zero-order chi connectivity index (χ0) is 13.0. The Kier molecular flexibility index (Phi) is 4.80. The van der Waals surface area contributed by atoms with Crippen molar-refractivity contribution < 1.29 is 9.53 Å². The first-order valence-electron chi connectivity index (χ1n) is 5.50. The number of nitrogens with zero attached hydrogens (tertiary/aromatic N) is 1. The first kappa shape index (κ1) is 14.8. The number of nitriles is 1. The van der Waals surface area contributed by atoms with Gasteiger partial charge in [-0.2, -0.15) is 5.26 Å². The molecule has 4 nitrogen and oxygen atoms in total. The second-order valence-corrected chi connectivity index (χ2v) is 5.67. The van der Waals surface area contributed by atoms with Crippen molar-refractivity contribution >= 4 is 6.09 Å². The van der Waals surface area contributed by atoms with Gasteiger partial charge in [0.1, 0.15) is 11.1 Å². The van der Waals surface area contributed by atoms with Gasteiger partial charge in [0.05, 0.1) is 6.07 Å². The molecular weight excluding hydrogens is 204 g/mol. The summed E-state index contributed by atoms with van der Waals surface area (Å²) in [6, 6.07) is 2.11. The predicted molar refractivity (Wildman–Crippen MR) is 62.8 cm³/mol. The number of rotatable bonds is 3. The van der Waals surface area contributed by atoms with Crippen LogP contribution in [0.5, 0.6) is 0 Å². The lowest BCUT2D eigenvalue weighted by Crippen LogP contribution is -2.47. The van der Waals surface area contributed by atoms with Crippen molar-refractivity contribution in [2.24, 2.45) is 5.92 Å². The van der Waals surface area contributed by atoms with Gasteiger partial charge < -0.3 is 10.1 Å². The molecular formula is C12H22N2O2. The molecule has 0 aromatic rings. The molecule has 4 heteroatoms. The molecule has 16 heavy (non-hydrogen) atoms. The van der Waals surface area contributed by atoms with Crippen LogP contribution in [0.3, 0.4) is 0 Å². The highest BCUT2D eigenvalue weighted by Gasteiger charge is 2.29. The minimum atomic E-state index is -0.865. The van der Waals surface area contributed by atoms with Crippen LogP contribution in [0.15, 0.2) is 0 Å². The Labute approximate surface area is 98.0 Å². The Morgan fingerprint density at radius 3 is 2.19 bits per heavy atom. The summed E-state index contributed by atoms with van der Waals surface area (Å²) in [7, 11) is 0. The molecule has 0 heterocycles. The number of hydrogen-bond acceptors (Lipinski definition) is 3. The van der Waals surface area contributed by atoms with Gasteiger partial charge in [0.25, 0.3) is 0 Å². The van der Waals surface area contributed by atoms with E-state index in [9.17, 15) is 4.79 Å². The molecule has 0 spiro atoms. The van der Waals surface area contributed by atoms with Gasteiger partial charge in [-0.15, -0.1) is 0 Å². The molecule has 0 aliphatic carbocycles. The Morgan fingerprint density at radius 2 is 1.88 bits per heavy atom. The lowest BCUT2D eigenvalue weighted by molar-refractivity contribution is 0.0479. The van der Waals surface area contributed by atoms with Crippen LogP contribution < -0.4 is 5.32 Å². The first-order chi connectivity index (χ1) is 7.08. The summed E-state index contributed by atoms with van der Waals surface area (Å²) in [5.74, 6) is 0.333. The smallest absolute Gasteiger partial charge is 0.408 e. The molecule has 0 radical (unpaired) electrons. The van der Waals surface area contributed by atoms with Gasteiger partial charge in [0, 0.05) is 0 Å². The molecule has 1 atom stereocenters. The number of nitrogens with one attached hydrogen (secondary N) is 1. The molecule has 0 fully saturated rings. The third-order valence-electron chi connectivity index (χ3n) is 1.84. The van der Waals surface area contributed by atoms with E-state index in [2.05, 4.69) is 11.4 Å². The Balaban J connectivity index is 4.45.